The van der Waals surface area contributed by atoms with E-state index in [1.54, 1.807) is 0 Å². The lowest BCUT2D eigenvalue weighted by Gasteiger charge is -2.20. The first-order valence-corrected chi connectivity index (χ1v) is 7.18. The fourth-order valence-corrected chi connectivity index (χ4v) is 2.91. The maximum atomic E-state index is 4.56. The van der Waals surface area contributed by atoms with Crippen LogP contribution in [0.25, 0.3) is 10.9 Å². The van der Waals surface area contributed by atoms with Gasteiger partial charge >= 0.3 is 0 Å². The van der Waals surface area contributed by atoms with Crippen LogP contribution in [0.3, 0.4) is 0 Å². The number of rotatable bonds is 4. The summed E-state index contributed by atoms with van der Waals surface area (Å²) in [6.45, 7) is 6.65. The van der Waals surface area contributed by atoms with E-state index in [4.69, 9.17) is 0 Å². The second kappa shape index (κ2) is 5.57. The van der Waals surface area contributed by atoms with Crippen LogP contribution in [0.15, 0.2) is 36.5 Å². The Morgan fingerprint density at radius 2 is 2.21 bits per heavy atom. The number of aromatic nitrogens is 1. The molecule has 1 aliphatic rings. The van der Waals surface area contributed by atoms with Crippen LogP contribution in [0.1, 0.15) is 13.3 Å². The molecule has 3 rings (SSSR count). The predicted octanol–water partition coefficient (Wildman–Crippen LogP) is 2.67. The van der Waals surface area contributed by atoms with E-state index in [0.717, 1.165) is 37.6 Å². The molecule has 2 aromatic rings. The van der Waals surface area contributed by atoms with Crippen LogP contribution in [0.2, 0.25) is 0 Å². The summed E-state index contributed by atoms with van der Waals surface area (Å²) in [6, 6.07) is 10.6. The summed E-state index contributed by atoms with van der Waals surface area (Å²) in [5, 5.41) is 4.69. The molecule has 0 bridgehead atoms. The number of hydrogen-bond acceptors (Lipinski definition) is 3. The van der Waals surface area contributed by atoms with Crippen molar-refractivity contribution < 1.29 is 0 Å². The lowest BCUT2D eigenvalue weighted by molar-refractivity contribution is 0.528. The van der Waals surface area contributed by atoms with Gasteiger partial charge in [0, 0.05) is 24.7 Å². The fraction of sp³-hybridized carbons (Fsp3) is 0.438. The maximum Gasteiger partial charge on any atom is 0.0935 e. The Bertz CT molecular complexity index is 547. The Kier molecular flexibility index (Phi) is 3.65. The molecule has 3 heteroatoms. The van der Waals surface area contributed by atoms with Crippen LogP contribution in [-0.2, 0) is 0 Å². The number of para-hydroxylation sites is 1. The average Bonchev–Trinajstić information content (AvgIpc) is 2.93. The van der Waals surface area contributed by atoms with E-state index >= 15 is 0 Å². The van der Waals surface area contributed by atoms with Gasteiger partial charge in [-0.05, 0) is 37.6 Å². The highest BCUT2D eigenvalue weighted by Gasteiger charge is 2.23. The predicted molar refractivity (Wildman–Crippen MR) is 80.6 cm³/mol. The summed E-state index contributed by atoms with van der Waals surface area (Å²) in [6.07, 6.45) is 3.16. The Morgan fingerprint density at radius 1 is 1.32 bits per heavy atom. The molecule has 0 radical (unpaired) electrons. The van der Waals surface area contributed by atoms with Crippen LogP contribution >= 0.6 is 0 Å². The van der Waals surface area contributed by atoms with Gasteiger partial charge in [0.1, 0.15) is 0 Å². The van der Waals surface area contributed by atoms with E-state index in [1.165, 1.54) is 17.5 Å². The summed E-state index contributed by atoms with van der Waals surface area (Å²) in [5.41, 5.74) is 2.42. The number of fused-ring (bicyclic) bond motifs is 1. The van der Waals surface area contributed by atoms with Crippen LogP contribution in [-0.4, -0.2) is 31.2 Å². The number of benzene rings is 1. The van der Waals surface area contributed by atoms with Gasteiger partial charge in [-0.2, -0.15) is 0 Å². The van der Waals surface area contributed by atoms with Gasteiger partial charge in [-0.3, -0.25) is 4.98 Å². The Balaban J connectivity index is 1.82. The van der Waals surface area contributed by atoms with Crippen molar-refractivity contribution in [3.05, 3.63) is 36.5 Å². The van der Waals surface area contributed by atoms with E-state index in [-0.39, 0.29) is 0 Å². The van der Waals surface area contributed by atoms with Gasteiger partial charge in [-0.25, -0.2) is 0 Å². The van der Waals surface area contributed by atoms with E-state index < -0.39 is 0 Å². The molecular weight excluding hydrogens is 234 g/mol. The van der Waals surface area contributed by atoms with Crippen molar-refractivity contribution in [3.63, 3.8) is 0 Å². The van der Waals surface area contributed by atoms with Crippen LogP contribution in [0, 0.1) is 5.92 Å². The highest BCUT2D eigenvalue weighted by atomic mass is 15.2. The minimum Gasteiger partial charge on any atom is -0.369 e. The molecule has 1 unspecified atom stereocenters. The van der Waals surface area contributed by atoms with Gasteiger partial charge in [0.15, 0.2) is 0 Å². The highest BCUT2D eigenvalue weighted by molar-refractivity contribution is 5.90. The lowest BCUT2D eigenvalue weighted by atomic mass is 10.1. The van der Waals surface area contributed by atoms with Crippen molar-refractivity contribution in [2.45, 2.75) is 13.3 Å². The quantitative estimate of drug-likeness (QED) is 0.910. The third-order valence-corrected chi connectivity index (χ3v) is 3.92. The van der Waals surface area contributed by atoms with Gasteiger partial charge in [-0.15, -0.1) is 0 Å². The molecule has 0 saturated carbocycles. The third-order valence-electron chi connectivity index (χ3n) is 3.92. The fourth-order valence-electron chi connectivity index (χ4n) is 2.91. The van der Waals surface area contributed by atoms with Gasteiger partial charge in [0.05, 0.1) is 11.2 Å². The SMILES string of the molecule is CCNCC1CCN(c2cccc3cccnc23)C1. The minimum atomic E-state index is 0.763. The number of pyridine rings is 1. The Hall–Kier alpha value is -1.61. The summed E-state index contributed by atoms with van der Waals surface area (Å²) >= 11 is 0. The normalized spacial score (nSPS) is 19.2. The van der Waals surface area contributed by atoms with Gasteiger partial charge in [0.2, 0.25) is 0 Å². The molecule has 1 saturated heterocycles. The minimum absolute atomic E-state index is 0.763. The molecule has 1 aliphatic heterocycles. The first-order chi connectivity index (χ1) is 9.38. The molecule has 1 aromatic carbocycles. The molecule has 1 aromatic heterocycles. The molecule has 2 heterocycles. The molecule has 19 heavy (non-hydrogen) atoms. The smallest absolute Gasteiger partial charge is 0.0935 e. The molecule has 3 nitrogen and oxygen atoms in total. The highest BCUT2D eigenvalue weighted by Crippen LogP contribution is 2.29. The van der Waals surface area contributed by atoms with Crippen molar-refractivity contribution >= 4 is 16.6 Å². The van der Waals surface area contributed by atoms with Crippen molar-refractivity contribution in [2.75, 3.05) is 31.1 Å². The molecule has 1 N–H and O–H groups in total. The van der Waals surface area contributed by atoms with Crippen molar-refractivity contribution in [2.24, 2.45) is 5.92 Å². The molecule has 1 atom stereocenters. The number of anilines is 1. The Morgan fingerprint density at radius 3 is 3.11 bits per heavy atom. The average molecular weight is 255 g/mol. The van der Waals surface area contributed by atoms with Crippen LogP contribution in [0.4, 0.5) is 5.69 Å². The van der Waals surface area contributed by atoms with Crippen molar-refractivity contribution in [1.29, 1.82) is 0 Å². The maximum absolute atomic E-state index is 4.56. The van der Waals surface area contributed by atoms with Crippen LogP contribution < -0.4 is 10.2 Å². The second-order valence-corrected chi connectivity index (χ2v) is 5.26. The summed E-state index contributed by atoms with van der Waals surface area (Å²) < 4.78 is 0. The largest absolute Gasteiger partial charge is 0.369 e. The van der Waals surface area contributed by atoms with E-state index in [2.05, 4.69) is 46.4 Å². The summed E-state index contributed by atoms with van der Waals surface area (Å²) in [5.74, 6) is 0.763. The number of hydrogen-bond donors (Lipinski definition) is 1. The lowest BCUT2D eigenvalue weighted by Crippen LogP contribution is -2.26. The zero-order valence-electron chi connectivity index (χ0n) is 11.5. The zero-order valence-corrected chi connectivity index (χ0v) is 11.5. The monoisotopic (exact) mass is 255 g/mol. The molecular formula is C16H21N3. The van der Waals surface area contributed by atoms with Gasteiger partial charge in [0.25, 0.3) is 0 Å². The zero-order chi connectivity index (χ0) is 13.1. The first-order valence-electron chi connectivity index (χ1n) is 7.18. The van der Waals surface area contributed by atoms with Crippen molar-refractivity contribution in [3.8, 4) is 0 Å². The van der Waals surface area contributed by atoms with Crippen molar-refractivity contribution in [1.82, 2.24) is 10.3 Å². The third kappa shape index (κ3) is 2.56. The van der Waals surface area contributed by atoms with E-state index in [1.807, 2.05) is 12.3 Å². The molecule has 0 aliphatic carbocycles. The molecule has 0 spiro atoms. The standard InChI is InChI=1S/C16H21N3/c1-2-17-11-13-8-10-19(12-13)15-7-3-5-14-6-4-9-18-16(14)15/h3-7,9,13,17H,2,8,10-12H2,1H3. The summed E-state index contributed by atoms with van der Waals surface area (Å²) in [7, 11) is 0. The topological polar surface area (TPSA) is 28.2 Å². The van der Waals surface area contributed by atoms with Gasteiger partial charge < -0.3 is 10.2 Å². The van der Waals surface area contributed by atoms with Crippen LogP contribution in [0.5, 0.6) is 0 Å². The number of nitrogens with zero attached hydrogens (tertiary/aromatic N) is 2. The van der Waals surface area contributed by atoms with E-state index in [9.17, 15) is 0 Å². The molecule has 1 fully saturated rings. The molecule has 100 valence electrons. The first kappa shape index (κ1) is 12.4. The molecule has 0 amide bonds. The number of nitrogens with one attached hydrogen (secondary N) is 1. The summed E-state index contributed by atoms with van der Waals surface area (Å²) in [4.78, 5) is 7.04. The Labute approximate surface area is 114 Å². The van der Waals surface area contributed by atoms with E-state index in [0.29, 0.717) is 0 Å². The second-order valence-electron chi connectivity index (χ2n) is 5.26. The van der Waals surface area contributed by atoms with Gasteiger partial charge in [-0.1, -0.05) is 25.1 Å².